The minimum atomic E-state index is 0.766. The minimum absolute atomic E-state index is 0.766. The van der Waals surface area contributed by atoms with Crippen molar-refractivity contribution in [2.45, 2.75) is 39.5 Å². The number of rotatable bonds is 0. The molecule has 5 fully saturated rings. The molecule has 5 aliphatic carbocycles. The standard InChI is InChI=1S/C17H24/c1-7-14-12-3-8-6-17(7,2)13-5-11-10(4-9(8)13)15(12)16(11)14/h7-16H,3-6H2,1-2H3. The third-order valence-electron chi connectivity index (χ3n) is 9.35. The molecule has 0 aromatic rings. The van der Waals surface area contributed by atoms with Gasteiger partial charge in [-0.25, -0.2) is 0 Å². The van der Waals surface area contributed by atoms with E-state index in [2.05, 4.69) is 13.8 Å². The summed E-state index contributed by atoms with van der Waals surface area (Å²) in [6, 6.07) is 0. The van der Waals surface area contributed by atoms with Crippen molar-refractivity contribution in [3.63, 3.8) is 0 Å². The van der Waals surface area contributed by atoms with E-state index < -0.39 is 0 Å². The average Bonchev–Trinajstić information content (AvgIpc) is 2.56. The Balaban J connectivity index is 1.66. The maximum Gasteiger partial charge on any atom is -0.0263 e. The Bertz CT molecular complexity index is 426. The molecular formula is C17H24. The molecule has 2 bridgehead atoms. The predicted molar refractivity (Wildman–Crippen MR) is 67.1 cm³/mol. The summed E-state index contributed by atoms with van der Waals surface area (Å²) < 4.78 is 0. The van der Waals surface area contributed by atoms with Crippen LogP contribution in [0.2, 0.25) is 0 Å². The van der Waals surface area contributed by atoms with Crippen LogP contribution in [0.25, 0.3) is 0 Å². The summed E-state index contributed by atoms with van der Waals surface area (Å²) in [5, 5.41) is 0. The van der Waals surface area contributed by atoms with Crippen LogP contribution in [0.3, 0.4) is 0 Å². The molecule has 11 unspecified atom stereocenters. The molecular weight excluding hydrogens is 204 g/mol. The van der Waals surface area contributed by atoms with Crippen LogP contribution < -0.4 is 0 Å². The fourth-order valence-electron chi connectivity index (χ4n) is 8.88. The molecule has 0 nitrogen and oxygen atoms in total. The second kappa shape index (κ2) is 2.25. The minimum Gasteiger partial charge on any atom is -0.0617 e. The molecule has 5 aliphatic rings. The lowest BCUT2D eigenvalue weighted by Crippen LogP contribution is -2.65. The Morgan fingerprint density at radius 2 is 1.65 bits per heavy atom. The molecule has 11 atom stereocenters. The summed E-state index contributed by atoms with van der Waals surface area (Å²) in [6.45, 7) is 5.36. The maximum absolute atomic E-state index is 2.70. The van der Waals surface area contributed by atoms with E-state index in [1.807, 2.05) is 0 Å². The summed E-state index contributed by atoms with van der Waals surface area (Å²) in [5.74, 6) is 11.8. The van der Waals surface area contributed by atoms with Crippen LogP contribution in [0, 0.1) is 64.6 Å². The van der Waals surface area contributed by atoms with E-state index in [4.69, 9.17) is 0 Å². The quantitative estimate of drug-likeness (QED) is 0.591. The van der Waals surface area contributed by atoms with Crippen molar-refractivity contribution in [3.8, 4) is 0 Å². The van der Waals surface area contributed by atoms with Gasteiger partial charge in [-0.15, -0.1) is 0 Å². The first-order valence-electron chi connectivity index (χ1n) is 8.20. The highest BCUT2D eigenvalue weighted by atomic mass is 14.8. The van der Waals surface area contributed by atoms with Crippen molar-refractivity contribution in [2.24, 2.45) is 64.6 Å². The summed E-state index contributed by atoms with van der Waals surface area (Å²) in [4.78, 5) is 0. The Morgan fingerprint density at radius 1 is 0.824 bits per heavy atom. The molecule has 5 rings (SSSR count). The van der Waals surface area contributed by atoms with Crippen LogP contribution >= 0.6 is 0 Å². The molecule has 92 valence electrons. The fraction of sp³-hybridized carbons (Fsp3) is 1.00. The lowest BCUT2D eigenvalue weighted by molar-refractivity contribution is -0.219. The van der Waals surface area contributed by atoms with Crippen LogP contribution in [-0.2, 0) is 0 Å². The van der Waals surface area contributed by atoms with E-state index in [0.29, 0.717) is 0 Å². The van der Waals surface area contributed by atoms with Crippen molar-refractivity contribution in [1.82, 2.24) is 0 Å². The van der Waals surface area contributed by atoms with Gasteiger partial charge in [-0.3, -0.25) is 0 Å². The molecule has 0 heteroatoms. The fourth-order valence-corrected chi connectivity index (χ4v) is 8.88. The Labute approximate surface area is 105 Å². The first-order chi connectivity index (χ1) is 8.20. The van der Waals surface area contributed by atoms with Crippen LogP contribution in [0.1, 0.15) is 39.5 Å². The monoisotopic (exact) mass is 228 g/mol. The highest BCUT2D eigenvalue weighted by Crippen LogP contribution is 2.83. The number of hydrogen-bond acceptors (Lipinski definition) is 0. The van der Waals surface area contributed by atoms with Crippen LogP contribution in [-0.4, -0.2) is 0 Å². The molecule has 17 heavy (non-hydrogen) atoms. The van der Waals surface area contributed by atoms with E-state index in [9.17, 15) is 0 Å². The Hall–Kier alpha value is 0. The van der Waals surface area contributed by atoms with E-state index in [-0.39, 0.29) is 0 Å². The van der Waals surface area contributed by atoms with E-state index in [0.717, 1.165) is 23.2 Å². The lowest BCUT2D eigenvalue weighted by atomic mass is 9.35. The number of hydrogen-bond donors (Lipinski definition) is 0. The van der Waals surface area contributed by atoms with Crippen molar-refractivity contribution in [2.75, 3.05) is 0 Å². The Kier molecular flexibility index (Phi) is 1.19. The van der Waals surface area contributed by atoms with Crippen LogP contribution in [0.15, 0.2) is 0 Å². The normalized spacial score (nSPS) is 80.8. The molecule has 0 radical (unpaired) electrons. The van der Waals surface area contributed by atoms with Crippen molar-refractivity contribution < 1.29 is 0 Å². The van der Waals surface area contributed by atoms with Gasteiger partial charge < -0.3 is 0 Å². The van der Waals surface area contributed by atoms with Gasteiger partial charge in [0.2, 0.25) is 0 Å². The Morgan fingerprint density at radius 3 is 2.53 bits per heavy atom. The second-order valence-electron chi connectivity index (χ2n) is 8.96. The van der Waals surface area contributed by atoms with Crippen molar-refractivity contribution in [3.05, 3.63) is 0 Å². The SMILES string of the molecule is CC1C2C3CC4CC1(C)C1CC5C(CC41)C3C52. The van der Waals surface area contributed by atoms with E-state index >= 15 is 0 Å². The summed E-state index contributed by atoms with van der Waals surface area (Å²) in [5.41, 5.74) is 0.766. The molecule has 0 heterocycles. The highest BCUT2D eigenvalue weighted by Gasteiger charge is 2.77. The smallest absolute Gasteiger partial charge is 0.0263 e. The van der Waals surface area contributed by atoms with Crippen LogP contribution in [0.4, 0.5) is 0 Å². The summed E-state index contributed by atoms with van der Waals surface area (Å²) in [6.07, 6.45) is 6.62. The lowest BCUT2D eigenvalue weighted by Gasteiger charge is -2.69. The van der Waals surface area contributed by atoms with Gasteiger partial charge in [0.05, 0.1) is 0 Å². The van der Waals surface area contributed by atoms with Gasteiger partial charge in [0, 0.05) is 0 Å². The predicted octanol–water partition coefficient (Wildman–Crippen LogP) is 3.82. The zero-order valence-corrected chi connectivity index (χ0v) is 11.1. The van der Waals surface area contributed by atoms with Gasteiger partial charge in [0.1, 0.15) is 0 Å². The van der Waals surface area contributed by atoms with Gasteiger partial charge in [0.15, 0.2) is 0 Å². The van der Waals surface area contributed by atoms with Gasteiger partial charge in [-0.1, -0.05) is 13.8 Å². The first-order valence-corrected chi connectivity index (χ1v) is 8.20. The third kappa shape index (κ3) is 0.659. The van der Waals surface area contributed by atoms with Gasteiger partial charge in [0.25, 0.3) is 0 Å². The third-order valence-corrected chi connectivity index (χ3v) is 9.35. The van der Waals surface area contributed by atoms with E-state index in [1.165, 1.54) is 41.4 Å². The van der Waals surface area contributed by atoms with Gasteiger partial charge in [-0.05, 0) is 90.3 Å². The largest absolute Gasteiger partial charge is 0.0617 e. The maximum atomic E-state index is 2.70. The molecule has 0 aromatic carbocycles. The van der Waals surface area contributed by atoms with Crippen LogP contribution in [0.5, 0.6) is 0 Å². The molecule has 0 aliphatic heterocycles. The zero-order valence-electron chi connectivity index (χ0n) is 11.1. The second-order valence-corrected chi connectivity index (χ2v) is 8.96. The summed E-state index contributed by atoms with van der Waals surface area (Å²) >= 11 is 0. The van der Waals surface area contributed by atoms with Crippen molar-refractivity contribution in [1.29, 1.82) is 0 Å². The highest BCUT2D eigenvalue weighted by molar-refractivity contribution is 5.25. The number of fused-ring (bicyclic) bond motifs is 12. The average molecular weight is 228 g/mol. The van der Waals surface area contributed by atoms with Gasteiger partial charge in [-0.2, -0.15) is 0 Å². The first kappa shape index (κ1) is 8.99. The van der Waals surface area contributed by atoms with E-state index in [1.54, 1.807) is 25.7 Å². The molecule has 0 amide bonds. The van der Waals surface area contributed by atoms with Crippen molar-refractivity contribution >= 4 is 0 Å². The van der Waals surface area contributed by atoms with Gasteiger partial charge >= 0.3 is 0 Å². The molecule has 0 N–H and O–H groups in total. The molecule has 5 saturated carbocycles. The molecule has 0 spiro atoms. The molecule has 0 saturated heterocycles. The zero-order chi connectivity index (χ0) is 11.1. The molecule has 0 aromatic heterocycles. The summed E-state index contributed by atoms with van der Waals surface area (Å²) in [7, 11) is 0. The topological polar surface area (TPSA) is 0 Å².